The number of benzene rings is 1. The average Bonchev–Trinajstić information content (AvgIpc) is 2.63. The smallest absolute Gasteiger partial charge is 0.345 e. The van der Waals surface area contributed by atoms with E-state index in [2.05, 4.69) is 15.3 Å². The van der Waals surface area contributed by atoms with Crippen LogP contribution in [-0.4, -0.2) is 46.2 Å². The molecule has 1 aromatic heterocycles. The second kappa shape index (κ2) is 7.59. The summed E-state index contributed by atoms with van der Waals surface area (Å²) in [6.07, 6.45) is -3.47. The Balaban J connectivity index is 1.61. The molecule has 1 aliphatic heterocycles. The summed E-state index contributed by atoms with van der Waals surface area (Å²) in [6.45, 7) is 1.45. The van der Waals surface area contributed by atoms with Gasteiger partial charge in [0.15, 0.2) is 5.11 Å². The lowest BCUT2D eigenvalue weighted by Crippen LogP contribution is -2.50. The molecule has 0 amide bonds. The van der Waals surface area contributed by atoms with Gasteiger partial charge in [0.1, 0.15) is 17.3 Å². The molecule has 1 N–H and O–H groups in total. The molecular formula is C16H14F5N5S. The molecule has 0 radical (unpaired) electrons. The fourth-order valence-electron chi connectivity index (χ4n) is 2.55. The van der Waals surface area contributed by atoms with Gasteiger partial charge in [0.2, 0.25) is 5.95 Å². The van der Waals surface area contributed by atoms with Crippen molar-refractivity contribution in [3.05, 3.63) is 47.8 Å². The largest absolute Gasteiger partial charge is 0.433 e. The van der Waals surface area contributed by atoms with Crippen LogP contribution in [0, 0.1) is 11.6 Å². The molecule has 0 atom stereocenters. The molecule has 144 valence electrons. The number of hydrogen-bond acceptors (Lipinski definition) is 4. The first-order valence-electron chi connectivity index (χ1n) is 7.90. The highest BCUT2D eigenvalue weighted by atomic mass is 32.1. The molecule has 11 heteroatoms. The maximum absolute atomic E-state index is 13.7. The summed E-state index contributed by atoms with van der Waals surface area (Å²) in [6, 6.07) is 3.91. The summed E-state index contributed by atoms with van der Waals surface area (Å²) < 4.78 is 65.0. The Morgan fingerprint density at radius 3 is 2.41 bits per heavy atom. The SMILES string of the molecule is Fc1ccc(NC(=S)N2CCN(c3nccc(C(F)(F)F)n3)CC2)c(F)c1. The fourth-order valence-corrected chi connectivity index (χ4v) is 2.85. The summed E-state index contributed by atoms with van der Waals surface area (Å²) in [7, 11) is 0. The monoisotopic (exact) mass is 403 g/mol. The van der Waals surface area contributed by atoms with Crippen LogP contribution in [0.2, 0.25) is 0 Å². The number of anilines is 2. The maximum atomic E-state index is 13.7. The van der Waals surface area contributed by atoms with Gasteiger partial charge in [-0.3, -0.25) is 0 Å². The normalized spacial score (nSPS) is 15.0. The fraction of sp³-hybridized carbons (Fsp3) is 0.312. The van der Waals surface area contributed by atoms with Crippen molar-refractivity contribution in [1.29, 1.82) is 0 Å². The first kappa shape index (κ1) is 19.2. The number of nitrogens with one attached hydrogen (secondary N) is 1. The van der Waals surface area contributed by atoms with Crippen molar-refractivity contribution in [2.24, 2.45) is 0 Å². The van der Waals surface area contributed by atoms with E-state index in [0.717, 1.165) is 24.4 Å². The highest BCUT2D eigenvalue weighted by Crippen LogP contribution is 2.28. The van der Waals surface area contributed by atoms with Crippen LogP contribution in [0.4, 0.5) is 33.6 Å². The number of aromatic nitrogens is 2. The second-order valence-electron chi connectivity index (χ2n) is 5.77. The van der Waals surface area contributed by atoms with E-state index in [1.165, 1.54) is 6.07 Å². The van der Waals surface area contributed by atoms with Crippen molar-refractivity contribution in [2.45, 2.75) is 6.18 Å². The average molecular weight is 403 g/mol. The molecule has 0 aliphatic carbocycles. The molecule has 0 spiro atoms. The Kier molecular flexibility index (Phi) is 5.40. The van der Waals surface area contributed by atoms with E-state index < -0.39 is 23.5 Å². The van der Waals surface area contributed by atoms with Crippen LogP contribution in [0.25, 0.3) is 0 Å². The Labute approximate surface area is 156 Å². The third-order valence-corrected chi connectivity index (χ3v) is 4.32. The third kappa shape index (κ3) is 4.59. The molecule has 0 saturated carbocycles. The third-order valence-electron chi connectivity index (χ3n) is 3.96. The number of piperazine rings is 1. The zero-order valence-electron chi connectivity index (χ0n) is 13.8. The second-order valence-corrected chi connectivity index (χ2v) is 6.15. The number of halogens is 5. The summed E-state index contributed by atoms with van der Waals surface area (Å²) >= 11 is 5.23. The van der Waals surface area contributed by atoms with E-state index in [-0.39, 0.29) is 16.7 Å². The van der Waals surface area contributed by atoms with Crippen molar-refractivity contribution < 1.29 is 22.0 Å². The quantitative estimate of drug-likeness (QED) is 0.613. The molecule has 2 aromatic rings. The van der Waals surface area contributed by atoms with Gasteiger partial charge in [0.25, 0.3) is 0 Å². The van der Waals surface area contributed by atoms with Crippen molar-refractivity contribution in [3.63, 3.8) is 0 Å². The molecule has 1 saturated heterocycles. The van der Waals surface area contributed by atoms with Crippen molar-refractivity contribution in [2.75, 3.05) is 36.4 Å². The van der Waals surface area contributed by atoms with Gasteiger partial charge in [-0.15, -0.1) is 0 Å². The zero-order chi connectivity index (χ0) is 19.6. The topological polar surface area (TPSA) is 44.3 Å². The highest BCUT2D eigenvalue weighted by molar-refractivity contribution is 7.80. The van der Waals surface area contributed by atoms with Gasteiger partial charge < -0.3 is 15.1 Å². The molecule has 1 fully saturated rings. The van der Waals surface area contributed by atoms with Crippen molar-refractivity contribution >= 4 is 29.0 Å². The summed E-state index contributed by atoms with van der Waals surface area (Å²) in [4.78, 5) is 10.8. The molecule has 5 nitrogen and oxygen atoms in total. The van der Waals surface area contributed by atoms with Gasteiger partial charge in [0, 0.05) is 38.4 Å². The molecular weight excluding hydrogens is 389 g/mol. The molecule has 3 rings (SSSR count). The van der Waals surface area contributed by atoms with Gasteiger partial charge >= 0.3 is 6.18 Å². The van der Waals surface area contributed by atoms with E-state index in [9.17, 15) is 22.0 Å². The Bertz CT molecular complexity index is 836. The van der Waals surface area contributed by atoms with E-state index in [0.29, 0.717) is 26.2 Å². The van der Waals surface area contributed by atoms with Gasteiger partial charge in [-0.2, -0.15) is 13.2 Å². The predicted molar refractivity (Wildman–Crippen MR) is 93.4 cm³/mol. The molecule has 0 bridgehead atoms. The van der Waals surface area contributed by atoms with Crippen LogP contribution >= 0.6 is 12.2 Å². The zero-order valence-corrected chi connectivity index (χ0v) is 14.6. The summed E-state index contributed by atoms with van der Waals surface area (Å²) in [5, 5.41) is 2.95. The van der Waals surface area contributed by atoms with Crippen LogP contribution < -0.4 is 10.2 Å². The van der Waals surface area contributed by atoms with Gasteiger partial charge in [-0.25, -0.2) is 18.7 Å². The standard InChI is InChI=1S/C16H14F5N5S/c17-10-1-2-12(11(18)9-10)23-15(27)26-7-5-25(6-8-26)14-22-4-3-13(24-14)16(19,20)21/h1-4,9H,5-8H2,(H,23,27). The maximum Gasteiger partial charge on any atom is 0.433 e. The van der Waals surface area contributed by atoms with E-state index in [4.69, 9.17) is 12.2 Å². The minimum absolute atomic E-state index is 0.00654. The molecule has 1 aliphatic rings. The number of rotatable bonds is 2. The Morgan fingerprint density at radius 1 is 1.07 bits per heavy atom. The van der Waals surface area contributed by atoms with E-state index in [1.54, 1.807) is 9.80 Å². The van der Waals surface area contributed by atoms with Crippen molar-refractivity contribution in [3.8, 4) is 0 Å². The van der Waals surface area contributed by atoms with Crippen LogP contribution in [0.5, 0.6) is 0 Å². The molecule has 2 heterocycles. The molecule has 0 unspecified atom stereocenters. The number of hydrogen-bond donors (Lipinski definition) is 1. The lowest BCUT2D eigenvalue weighted by atomic mass is 10.3. The lowest BCUT2D eigenvalue weighted by Gasteiger charge is -2.36. The minimum atomic E-state index is -4.54. The van der Waals surface area contributed by atoms with Gasteiger partial charge in [-0.05, 0) is 30.4 Å². The van der Waals surface area contributed by atoms with Crippen LogP contribution in [0.1, 0.15) is 5.69 Å². The van der Waals surface area contributed by atoms with E-state index in [1.807, 2.05) is 0 Å². The predicted octanol–water partition coefficient (Wildman–Crippen LogP) is 3.29. The summed E-state index contributed by atoms with van der Waals surface area (Å²) in [5.74, 6) is -1.47. The first-order chi connectivity index (χ1) is 12.7. The first-order valence-corrected chi connectivity index (χ1v) is 8.31. The summed E-state index contributed by atoms with van der Waals surface area (Å²) in [5.41, 5.74) is -0.955. The minimum Gasteiger partial charge on any atom is -0.345 e. The molecule has 1 aromatic carbocycles. The van der Waals surface area contributed by atoms with Gasteiger partial charge in [0.05, 0.1) is 5.69 Å². The number of alkyl halides is 3. The Hall–Kier alpha value is -2.56. The molecule has 27 heavy (non-hydrogen) atoms. The van der Waals surface area contributed by atoms with Crippen LogP contribution in [0.15, 0.2) is 30.5 Å². The van der Waals surface area contributed by atoms with Crippen molar-refractivity contribution in [1.82, 2.24) is 14.9 Å². The highest BCUT2D eigenvalue weighted by Gasteiger charge is 2.33. The lowest BCUT2D eigenvalue weighted by molar-refractivity contribution is -0.141. The van der Waals surface area contributed by atoms with Crippen LogP contribution in [-0.2, 0) is 6.18 Å². The van der Waals surface area contributed by atoms with E-state index >= 15 is 0 Å². The van der Waals surface area contributed by atoms with Crippen LogP contribution in [0.3, 0.4) is 0 Å². The Morgan fingerprint density at radius 2 is 1.78 bits per heavy atom. The van der Waals surface area contributed by atoms with Gasteiger partial charge in [-0.1, -0.05) is 0 Å². The number of thiocarbonyl (C=S) groups is 1. The number of nitrogens with zero attached hydrogens (tertiary/aromatic N) is 4.